The second kappa shape index (κ2) is 5.85. The average molecular weight is 308 g/mol. The summed E-state index contributed by atoms with van der Waals surface area (Å²) >= 11 is 1.24. The van der Waals surface area contributed by atoms with E-state index in [2.05, 4.69) is 10.3 Å². The molecule has 0 spiro atoms. The number of nitrogens with zero attached hydrogens (tertiary/aromatic N) is 2. The highest BCUT2D eigenvalue weighted by molar-refractivity contribution is 7.09. The number of nitrogens with one attached hydrogen (secondary N) is 1. The SMILES string of the molecule is CC(N)c1nc(C(=O)Nc2ccc(O)cc2[N+](=O)[O-])cs1. The van der Waals surface area contributed by atoms with Crippen LogP contribution < -0.4 is 11.1 Å². The fourth-order valence-corrected chi connectivity index (χ4v) is 2.32. The van der Waals surface area contributed by atoms with E-state index < -0.39 is 16.5 Å². The molecule has 0 aliphatic heterocycles. The molecule has 8 nitrogen and oxygen atoms in total. The Labute approximate surface area is 123 Å². The lowest BCUT2D eigenvalue weighted by molar-refractivity contribution is -0.384. The van der Waals surface area contributed by atoms with Gasteiger partial charge < -0.3 is 16.2 Å². The van der Waals surface area contributed by atoms with Gasteiger partial charge in [0.1, 0.15) is 22.1 Å². The van der Waals surface area contributed by atoms with Gasteiger partial charge in [0.2, 0.25) is 0 Å². The summed E-state index contributed by atoms with van der Waals surface area (Å²) in [6.45, 7) is 1.74. The highest BCUT2D eigenvalue weighted by atomic mass is 32.1. The van der Waals surface area contributed by atoms with E-state index >= 15 is 0 Å². The van der Waals surface area contributed by atoms with Crippen LogP contribution in [0.15, 0.2) is 23.6 Å². The molecule has 110 valence electrons. The third-order valence-electron chi connectivity index (χ3n) is 2.57. The van der Waals surface area contributed by atoms with E-state index in [1.807, 2.05) is 0 Å². The van der Waals surface area contributed by atoms with Crippen molar-refractivity contribution < 1.29 is 14.8 Å². The number of phenols is 1. The Balaban J connectivity index is 2.25. The van der Waals surface area contributed by atoms with Crippen molar-refractivity contribution >= 4 is 28.6 Å². The molecule has 0 radical (unpaired) electrons. The van der Waals surface area contributed by atoms with Gasteiger partial charge in [0.15, 0.2) is 0 Å². The van der Waals surface area contributed by atoms with E-state index in [4.69, 9.17) is 5.73 Å². The fourth-order valence-electron chi connectivity index (χ4n) is 1.56. The van der Waals surface area contributed by atoms with Crippen molar-refractivity contribution in [1.29, 1.82) is 0 Å². The van der Waals surface area contributed by atoms with Gasteiger partial charge >= 0.3 is 0 Å². The minimum absolute atomic E-state index is 0.0156. The maximum absolute atomic E-state index is 12.0. The molecule has 2 rings (SSSR count). The second-order valence-electron chi connectivity index (χ2n) is 4.27. The quantitative estimate of drug-likeness (QED) is 0.450. The molecular weight excluding hydrogens is 296 g/mol. The maximum Gasteiger partial charge on any atom is 0.296 e. The number of carbonyl (C=O) groups excluding carboxylic acids is 1. The van der Waals surface area contributed by atoms with Crippen LogP contribution in [-0.4, -0.2) is 20.9 Å². The number of nitro groups is 1. The standard InChI is InChI=1S/C12H12N4O4S/c1-6(13)12-15-9(5-21-12)11(18)14-8-3-2-7(17)4-10(8)16(19)20/h2-6,17H,13H2,1H3,(H,14,18). The number of hydrogen-bond donors (Lipinski definition) is 3. The number of carbonyl (C=O) groups is 1. The molecule has 0 saturated heterocycles. The second-order valence-corrected chi connectivity index (χ2v) is 5.16. The zero-order chi connectivity index (χ0) is 15.6. The van der Waals surface area contributed by atoms with Crippen molar-refractivity contribution in [2.24, 2.45) is 5.73 Å². The van der Waals surface area contributed by atoms with Crippen LogP contribution >= 0.6 is 11.3 Å². The first-order valence-electron chi connectivity index (χ1n) is 5.88. The van der Waals surface area contributed by atoms with Crippen molar-refractivity contribution in [2.45, 2.75) is 13.0 Å². The Bertz CT molecular complexity index is 698. The Kier molecular flexibility index (Phi) is 4.15. The predicted octanol–water partition coefficient (Wildman–Crippen LogP) is 2.03. The van der Waals surface area contributed by atoms with Crippen LogP contribution in [0.25, 0.3) is 0 Å². The molecule has 1 aromatic carbocycles. The average Bonchev–Trinajstić information content (AvgIpc) is 2.90. The first kappa shape index (κ1) is 14.9. The number of aromatic nitrogens is 1. The molecule has 0 fully saturated rings. The molecule has 9 heteroatoms. The highest BCUT2D eigenvalue weighted by Gasteiger charge is 2.19. The number of rotatable bonds is 4. The number of nitro benzene ring substituents is 1. The Hall–Kier alpha value is -2.52. The summed E-state index contributed by atoms with van der Waals surface area (Å²) in [6.07, 6.45) is 0. The molecule has 0 saturated carbocycles. The largest absolute Gasteiger partial charge is 0.508 e. The molecule has 0 bridgehead atoms. The number of benzene rings is 1. The highest BCUT2D eigenvalue weighted by Crippen LogP contribution is 2.29. The summed E-state index contributed by atoms with van der Waals surface area (Å²) in [6, 6.07) is 3.17. The van der Waals surface area contributed by atoms with Crippen LogP contribution in [0.5, 0.6) is 5.75 Å². The van der Waals surface area contributed by atoms with E-state index in [9.17, 15) is 20.0 Å². The summed E-state index contributed by atoms with van der Waals surface area (Å²) < 4.78 is 0. The van der Waals surface area contributed by atoms with Crippen molar-refractivity contribution in [3.63, 3.8) is 0 Å². The summed E-state index contributed by atoms with van der Waals surface area (Å²) in [5, 5.41) is 24.7. The van der Waals surface area contributed by atoms with Crippen molar-refractivity contribution in [1.82, 2.24) is 4.98 Å². The van der Waals surface area contributed by atoms with Crippen LogP contribution in [0.1, 0.15) is 28.5 Å². The van der Waals surface area contributed by atoms with Gasteiger partial charge in [-0.2, -0.15) is 0 Å². The first-order valence-corrected chi connectivity index (χ1v) is 6.76. The summed E-state index contributed by atoms with van der Waals surface area (Å²) in [7, 11) is 0. The van der Waals surface area contributed by atoms with E-state index in [-0.39, 0.29) is 23.2 Å². The number of nitrogens with two attached hydrogens (primary N) is 1. The molecule has 1 aromatic heterocycles. The number of hydrogen-bond acceptors (Lipinski definition) is 7. The third kappa shape index (κ3) is 3.33. The zero-order valence-corrected chi connectivity index (χ0v) is 11.8. The minimum atomic E-state index is -0.691. The van der Waals surface area contributed by atoms with Gasteiger partial charge in [-0.25, -0.2) is 4.98 Å². The predicted molar refractivity (Wildman–Crippen MR) is 77.4 cm³/mol. The lowest BCUT2D eigenvalue weighted by atomic mass is 10.2. The first-order chi connectivity index (χ1) is 9.88. The number of aromatic hydroxyl groups is 1. The number of anilines is 1. The van der Waals surface area contributed by atoms with Crippen LogP contribution in [0.4, 0.5) is 11.4 Å². The van der Waals surface area contributed by atoms with Crippen LogP contribution in [-0.2, 0) is 0 Å². The summed E-state index contributed by atoms with van der Waals surface area (Å²) in [5.41, 5.74) is 5.38. The van der Waals surface area contributed by atoms with Crippen LogP contribution in [0, 0.1) is 10.1 Å². The topological polar surface area (TPSA) is 131 Å². The molecule has 1 atom stereocenters. The molecule has 1 heterocycles. The third-order valence-corrected chi connectivity index (χ3v) is 3.62. The fraction of sp³-hybridized carbons (Fsp3) is 0.167. The van der Waals surface area contributed by atoms with Gasteiger partial charge in [-0.1, -0.05) is 0 Å². The van der Waals surface area contributed by atoms with Gasteiger partial charge in [-0.3, -0.25) is 14.9 Å². The molecule has 0 aliphatic rings. The van der Waals surface area contributed by atoms with E-state index in [1.54, 1.807) is 6.92 Å². The molecule has 2 aromatic rings. The lowest BCUT2D eigenvalue weighted by Gasteiger charge is -2.04. The van der Waals surface area contributed by atoms with Gasteiger partial charge in [-0.05, 0) is 19.1 Å². The summed E-state index contributed by atoms with van der Waals surface area (Å²) in [4.78, 5) is 26.3. The Morgan fingerprint density at radius 1 is 1.57 bits per heavy atom. The van der Waals surface area contributed by atoms with Gasteiger partial charge in [-0.15, -0.1) is 11.3 Å². The molecule has 4 N–H and O–H groups in total. The van der Waals surface area contributed by atoms with Gasteiger partial charge in [0.05, 0.1) is 17.0 Å². The van der Waals surface area contributed by atoms with Crippen molar-refractivity contribution in [3.05, 3.63) is 44.4 Å². The monoisotopic (exact) mass is 308 g/mol. The molecule has 0 aliphatic carbocycles. The molecule has 21 heavy (non-hydrogen) atoms. The van der Waals surface area contributed by atoms with Crippen LogP contribution in [0.2, 0.25) is 0 Å². The molecule has 1 unspecified atom stereocenters. The van der Waals surface area contributed by atoms with Crippen LogP contribution in [0.3, 0.4) is 0 Å². The lowest BCUT2D eigenvalue weighted by Crippen LogP contribution is -2.14. The number of phenolic OH excluding ortho intramolecular Hbond substituents is 1. The number of thiazole rings is 1. The van der Waals surface area contributed by atoms with Gasteiger partial charge in [0, 0.05) is 5.38 Å². The molecule has 1 amide bonds. The van der Waals surface area contributed by atoms with Crippen molar-refractivity contribution in [2.75, 3.05) is 5.32 Å². The summed E-state index contributed by atoms with van der Waals surface area (Å²) in [5.74, 6) is -0.834. The van der Waals surface area contributed by atoms with Crippen molar-refractivity contribution in [3.8, 4) is 5.75 Å². The van der Waals surface area contributed by atoms with E-state index in [0.717, 1.165) is 6.07 Å². The van der Waals surface area contributed by atoms with E-state index in [1.165, 1.54) is 28.8 Å². The maximum atomic E-state index is 12.0. The van der Waals surface area contributed by atoms with Gasteiger partial charge in [0.25, 0.3) is 11.6 Å². The number of amides is 1. The minimum Gasteiger partial charge on any atom is -0.508 e. The Morgan fingerprint density at radius 3 is 2.86 bits per heavy atom. The zero-order valence-electron chi connectivity index (χ0n) is 10.9. The Morgan fingerprint density at radius 2 is 2.29 bits per heavy atom. The smallest absolute Gasteiger partial charge is 0.296 e. The normalized spacial score (nSPS) is 11.9. The molecular formula is C12H12N4O4S. The van der Waals surface area contributed by atoms with E-state index in [0.29, 0.717) is 5.01 Å².